The second kappa shape index (κ2) is 4.09. The number of nitrogens with zero attached hydrogens (tertiary/aromatic N) is 2. The molecular formula is C10H14N2O2. The highest BCUT2D eigenvalue weighted by atomic mass is 16.4. The smallest absolute Gasteiger partial charge is 0.339 e. The molecule has 4 heteroatoms. The molecule has 0 aliphatic carbocycles. The SMILES string of the molecule is C/C=C/Cn1nc(C)c(C(=O)O)c1C. The van der Waals surface area contributed by atoms with E-state index in [0.717, 1.165) is 0 Å². The second-order valence-electron chi connectivity index (χ2n) is 3.10. The van der Waals surface area contributed by atoms with Gasteiger partial charge in [0.2, 0.25) is 0 Å². The number of carboxylic acid groups (broad SMARTS) is 1. The van der Waals surface area contributed by atoms with Crippen LogP contribution in [0.25, 0.3) is 0 Å². The van der Waals surface area contributed by atoms with E-state index >= 15 is 0 Å². The van der Waals surface area contributed by atoms with Crippen molar-refractivity contribution in [1.29, 1.82) is 0 Å². The molecular weight excluding hydrogens is 180 g/mol. The zero-order chi connectivity index (χ0) is 10.7. The van der Waals surface area contributed by atoms with E-state index in [1.165, 1.54) is 0 Å². The van der Waals surface area contributed by atoms with E-state index in [0.29, 0.717) is 23.5 Å². The lowest BCUT2D eigenvalue weighted by Crippen LogP contribution is -2.03. The predicted octanol–water partition coefficient (Wildman–Crippen LogP) is 1.77. The summed E-state index contributed by atoms with van der Waals surface area (Å²) in [5.74, 6) is -0.910. The molecule has 1 heterocycles. The molecule has 14 heavy (non-hydrogen) atoms. The highest BCUT2D eigenvalue weighted by Crippen LogP contribution is 2.12. The van der Waals surface area contributed by atoms with Gasteiger partial charge in [0.05, 0.1) is 17.9 Å². The van der Waals surface area contributed by atoms with E-state index in [1.54, 1.807) is 18.5 Å². The molecule has 1 aromatic heterocycles. The van der Waals surface area contributed by atoms with Crippen LogP contribution in [0.1, 0.15) is 28.7 Å². The number of carboxylic acids is 1. The Labute approximate surface area is 82.9 Å². The molecule has 0 saturated carbocycles. The van der Waals surface area contributed by atoms with Crippen molar-refractivity contribution >= 4 is 5.97 Å². The summed E-state index contributed by atoms with van der Waals surface area (Å²) >= 11 is 0. The Kier molecular flexibility index (Phi) is 3.06. The van der Waals surface area contributed by atoms with E-state index < -0.39 is 5.97 Å². The summed E-state index contributed by atoms with van der Waals surface area (Å²) in [4.78, 5) is 10.9. The van der Waals surface area contributed by atoms with Gasteiger partial charge < -0.3 is 5.11 Å². The van der Waals surface area contributed by atoms with E-state index in [2.05, 4.69) is 5.10 Å². The van der Waals surface area contributed by atoms with Crippen LogP contribution in [0.5, 0.6) is 0 Å². The van der Waals surface area contributed by atoms with Gasteiger partial charge in [-0.1, -0.05) is 12.2 Å². The largest absolute Gasteiger partial charge is 0.478 e. The molecule has 76 valence electrons. The van der Waals surface area contributed by atoms with Crippen molar-refractivity contribution in [2.24, 2.45) is 0 Å². The fourth-order valence-electron chi connectivity index (χ4n) is 1.39. The van der Waals surface area contributed by atoms with Crippen molar-refractivity contribution in [1.82, 2.24) is 9.78 Å². The summed E-state index contributed by atoms with van der Waals surface area (Å²) in [7, 11) is 0. The summed E-state index contributed by atoms with van der Waals surface area (Å²) in [6, 6.07) is 0. The standard InChI is InChI=1S/C10H14N2O2/c1-4-5-6-12-8(3)9(10(13)14)7(2)11-12/h4-5H,6H2,1-3H3,(H,13,14)/b5-4+. The van der Waals surface area contributed by atoms with Crippen molar-refractivity contribution in [3.05, 3.63) is 29.1 Å². The summed E-state index contributed by atoms with van der Waals surface area (Å²) in [5, 5.41) is 13.1. The average molecular weight is 194 g/mol. The van der Waals surface area contributed by atoms with Gasteiger partial charge in [-0.25, -0.2) is 4.79 Å². The normalized spacial score (nSPS) is 11.1. The zero-order valence-electron chi connectivity index (χ0n) is 8.61. The number of hydrogen-bond donors (Lipinski definition) is 1. The monoisotopic (exact) mass is 194 g/mol. The third-order valence-corrected chi connectivity index (χ3v) is 2.11. The third kappa shape index (κ3) is 1.84. The fraction of sp³-hybridized carbons (Fsp3) is 0.400. The number of aryl methyl sites for hydroxylation is 1. The molecule has 0 radical (unpaired) electrons. The van der Waals surface area contributed by atoms with Gasteiger partial charge in [-0.15, -0.1) is 0 Å². The van der Waals surface area contributed by atoms with Crippen LogP contribution in [0.3, 0.4) is 0 Å². The minimum Gasteiger partial charge on any atom is -0.478 e. The van der Waals surface area contributed by atoms with Gasteiger partial charge in [-0.05, 0) is 20.8 Å². The number of carbonyl (C=O) groups is 1. The molecule has 1 rings (SSSR count). The third-order valence-electron chi connectivity index (χ3n) is 2.11. The van der Waals surface area contributed by atoms with Crippen LogP contribution in [0, 0.1) is 13.8 Å². The Morgan fingerprint density at radius 3 is 2.64 bits per heavy atom. The lowest BCUT2D eigenvalue weighted by atomic mass is 10.2. The average Bonchev–Trinajstić information content (AvgIpc) is 2.38. The first kappa shape index (κ1) is 10.5. The van der Waals surface area contributed by atoms with Crippen molar-refractivity contribution in [3.63, 3.8) is 0 Å². The zero-order valence-corrected chi connectivity index (χ0v) is 8.61. The molecule has 0 saturated heterocycles. The van der Waals surface area contributed by atoms with Crippen LogP contribution in [-0.2, 0) is 6.54 Å². The first-order chi connectivity index (χ1) is 6.57. The Morgan fingerprint density at radius 2 is 2.21 bits per heavy atom. The molecule has 0 atom stereocenters. The molecule has 0 amide bonds. The number of rotatable bonds is 3. The Hall–Kier alpha value is -1.58. The molecule has 0 fully saturated rings. The Bertz CT molecular complexity index is 378. The maximum atomic E-state index is 10.9. The number of aromatic nitrogens is 2. The molecule has 1 aromatic rings. The molecule has 0 unspecified atom stereocenters. The molecule has 0 spiro atoms. The van der Waals surface area contributed by atoms with Gasteiger partial charge in [0, 0.05) is 0 Å². The van der Waals surface area contributed by atoms with Crippen LogP contribution in [-0.4, -0.2) is 20.9 Å². The first-order valence-electron chi connectivity index (χ1n) is 4.46. The molecule has 1 N–H and O–H groups in total. The lowest BCUT2D eigenvalue weighted by molar-refractivity contribution is 0.0695. The lowest BCUT2D eigenvalue weighted by Gasteiger charge is -1.99. The van der Waals surface area contributed by atoms with Gasteiger partial charge >= 0.3 is 5.97 Å². The summed E-state index contributed by atoms with van der Waals surface area (Å²) < 4.78 is 1.69. The molecule has 4 nitrogen and oxygen atoms in total. The van der Waals surface area contributed by atoms with Gasteiger partial charge in [0.15, 0.2) is 0 Å². The van der Waals surface area contributed by atoms with E-state index in [-0.39, 0.29) is 0 Å². The Balaban J connectivity index is 3.10. The van der Waals surface area contributed by atoms with Crippen molar-refractivity contribution < 1.29 is 9.90 Å². The van der Waals surface area contributed by atoms with Crippen LogP contribution < -0.4 is 0 Å². The summed E-state index contributed by atoms with van der Waals surface area (Å²) in [6.45, 7) is 6.02. The first-order valence-corrected chi connectivity index (χ1v) is 4.46. The maximum Gasteiger partial charge on any atom is 0.339 e. The summed E-state index contributed by atoms with van der Waals surface area (Å²) in [6.07, 6.45) is 3.85. The predicted molar refractivity (Wildman–Crippen MR) is 53.5 cm³/mol. The molecule has 0 aromatic carbocycles. The van der Waals surface area contributed by atoms with E-state index in [4.69, 9.17) is 5.11 Å². The van der Waals surface area contributed by atoms with Crippen molar-refractivity contribution in [2.75, 3.05) is 0 Å². The topological polar surface area (TPSA) is 55.1 Å². The highest BCUT2D eigenvalue weighted by Gasteiger charge is 2.16. The fourth-order valence-corrected chi connectivity index (χ4v) is 1.39. The van der Waals surface area contributed by atoms with Gasteiger partial charge in [0.1, 0.15) is 5.56 Å². The van der Waals surface area contributed by atoms with Gasteiger partial charge in [0.25, 0.3) is 0 Å². The van der Waals surface area contributed by atoms with Crippen LogP contribution >= 0.6 is 0 Å². The van der Waals surface area contributed by atoms with E-state index in [9.17, 15) is 4.79 Å². The van der Waals surface area contributed by atoms with E-state index in [1.807, 2.05) is 19.1 Å². The quantitative estimate of drug-likeness (QED) is 0.746. The van der Waals surface area contributed by atoms with Gasteiger partial charge in [-0.2, -0.15) is 5.10 Å². The van der Waals surface area contributed by atoms with Crippen LogP contribution in [0.15, 0.2) is 12.2 Å². The second-order valence-corrected chi connectivity index (χ2v) is 3.10. The number of allylic oxidation sites excluding steroid dienone is 2. The number of aromatic carboxylic acids is 1. The summed E-state index contributed by atoms with van der Waals surface area (Å²) in [5.41, 5.74) is 1.59. The minimum absolute atomic E-state index is 0.314. The molecule has 0 aliphatic rings. The van der Waals surface area contributed by atoms with Crippen molar-refractivity contribution in [2.45, 2.75) is 27.3 Å². The molecule has 0 bridgehead atoms. The van der Waals surface area contributed by atoms with Crippen LogP contribution in [0.4, 0.5) is 0 Å². The Morgan fingerprint density at radius 1 is 1.57 bits per heavy atom. The number of hydrogen-bond acceptors (Lipinski definition) is 2. The van der Waals surface area contributed by atoms with Crippen LogP contribution in [0.2, 0.25) is 0 Å². The van der Waals surface area contributed by atoms with Crippen molar-refractivity contribution in [3.8, 4) is 0 Å². The minimum atomic E-state index is -0.910. The van der Waals surface area contributed by atoms with Gasteiger partial charge in [-0.3, -0.25) is 4.68 Å². The molecule has 0 aliphatic heterocycles. The highest BCUT2D eigenvalue weighted by molar-refractivity contribution is 5.90. The maximum absolute atomic E-state index is 10.9.